The van der Waals surface area contributed by atoms with E-state index in [4.69, 9.17) is 5.73 Å². The van der Waals surface area contributed by atoms with E-state index in [9.17, 15) is 4.79 Å². The highest BCUT2D eigenvalue weighted by Crippen LogP contribution is 2.37. The van der Waals surface area contributed by atoms with Gasteiger partial charge in [-0.1, -0.05) is 0 Å². The Hall–Kier alpha value is -1.33. The molecule has 0 saturated carbocycles. The van der Waals surface area contributed by atoms with Crippen molar-refractivity contribution in [1.29, 1.82) is 0 Å². The number of fused-ring (bicyclic) bond motifs is 1. The number of anilines is 2. The van der Waals surface area contributed by atoms with Gasteiger partial charge in [0.05, 0.1) is 17.3 Å². The van der Waals surface area contributed by atoms with Gasteiger partial charge in [-0.2, -0.15) is 0 Å². The van der Waals surface area contributed by atoms with Gasteiger partial charge < -0.3 is 11.1 Å². The van der Waals surface area contributed by atoms with E-state index in [2.05, 4.69) is 32.7 Å². The molecule has 3 rings (SSSR count). The molecule has 1 aromatic heterocycles. The van der Waals surface area contributed by atoms with Crippen molar-refractivity contribution in [2.45, 2.75) is 32.1 Å². The normalized spacial score (nSPS) is 17.3. The molecule has 0 aliphatic heterocycles. The quantitative estimate of drug-likeness (QED) is 0.772. The van der Waals surface area contributed by atoms with Crippen LogP contribution >= 0.6 is 27.3 Å². The predicted octanol–water partition coefficient (Wildman–Crippen LogP) is 4.46. The highest BCUT2D eigenvalue weighted by atomic mass is 79.9. The molecule has 110 valence electrons. The van der Waals surface area contributed by atoms with Crippen LogP contribution in [0.25, 0.3) is 0 Å². The minimum atomic E-state index is -0.0624. The summed E-state index contributed by atoms with van der Waals surface area (Å²) in [7, 11) is 0. The Kier molecular flexibility index (Phi) is 4.04. The van der Waals surface area contributed by atoms with Gasteiger partial charge in [0, 0.05) is 9.35 Å². The average Bonchev–Trinajstić information content (AvgIpc) is 2.90. The molecule has 1 unspecified atom stereocenters. The van der Waals surface area contributed by atoms with E-state index >= 15 is 0 Å². The standard InChI is InChI=1S/C16H17BrN2OS/c1-9-7-12(17)15(13(18)8-9)19-16(20)11-3-2-4-14-10(11)5-6-21-14/h5-8,11H,2-4,18H2,1H3,(H,19,20). The monoisotopic (exact) mass is 364 g/mol. The zero-order chi connectivity index (χ0) is 15.0. The average molecular weight is 365 g/mol. The molecule has 1 heterocycles. The van der Waals surface area contributed by atoms with E-state index in [1.807, 2.05) is 19.1 Å². The summed E-state index contributed by atoms with van der Waals surface area (Å²) in [5.41, 5.74) is 9.55. The second-order valence-electron chi connectivity index (χ2n) is 5.44. The SMILES string of the molecule is Cc1cc(N)c(NC(=O)C2CCCc3sccc32)c(Br)c1. The van der Waals surface area contributed by atoms with Crippen molar-refractivity contribution in [1.82, 2.24) is 0 Å². The summed E-state index contributed by atoms with van der Waals surface area (Å²) in [6, 6.07) is 5.91. The number of hydrogen-bond acceptors (Lipinski definition) is 3. The Morgan fingerprint density at radius 2 is 2.29 bits per heavy atom. The number of rotatable bonds is 2. The first-order valence-electron chi connectivity index (χ1n) is 6.99. The molecular weight excluding hydrogens is 348 g/mol. The summed E-state index contributed by atoms with van der Waals surface area (Å²) in [6.45, 7) is 1.98. The number of nitrogen functional groups attached to an aromatic ring is 1. The maximum atomic E-state index is 12.6. The molecule has 3 nitrogen and oxygen atoms in total. The van der Waals surface area contributed by atoms with Crippen molar-refractivity contribution < 1.29 is 4.79 Å². The van der Waals surface area contributed by atoms with Crippen LogP contribution in [0.5, 0.6) is 0 Å². The van der Waals surface area contributed by atoms with Crippen molar-refractivity contribution in [2.75, 3.05) is 11.1 Å². The van der Waals surface area contributed by atoms with Gasteiger partial charge in [0.15, 0.2) is 0 Å². The van der Waals surface area contributed by atoms with E-state index in [0.717, 1.165) is 29.3 Å². The number of nitrogens with one attached hydrogen (secondary N) is 1. The van der Waals surface area contributed by atoms with Gasteiger partial charge >= 0.3 is 0 Å². The first kappa shape index (κ1) is 14.6. The molecule has 0 fully saturated rings. The lowest BCUT2D eigenvalue weighted by Gasteiger charge is -2.22. The smallest absolute Gasteiger partial charge is 0.232 e. The predicted molar refractivity (Wildman–Crippen MR) is 91.9 cm³/mol. The van der Waals surface area contributed by atoms with Gasteiger partial charge in [-0.3, -0.25) is 4.79 Å². The largest absolute Gasteiger partial charge is 0.397 e. The van der Waals surface area contributed by atoms with Crippen LogP contribution in [0.3, 0.4) is 0 Å². The number of carbonyl (C=O) groups is 1. The third-order valence-electron chi connectivity index (χ3n) is 3.88. The van der Waals surface area contributed by atoms with E-state index in [0.29, 0.717) is 11.4 Å². The number of thiophene rings is 1. The molecule has 2 aromatic rings. The minimum Gasteiger partial charge on any atom is -0.397 e. The molecule has 21 heavy (non-hydrogen) atoms. The Labute approximate surface area is 136 Å². The molecule has 1 atom stereocenters. The lowest BCUT2D eigenvalue weighted by atomic mass is 9.87. The number of benzene rings is 1. The van der Waals surface area contributed by atoms with E-state index in [1.165, 1.54) is 10.4 Å². The Bertz CT molecular complexity index is 672. The summed E-state index contributed by atoms with van der Waals surface area (Å²) in [4.78, 5) is 14.0. The first-order valence-corrected chi connectivity index (χ1v) is 8.66. The van der Waals surface area contributed by atoms with Crippen LogP contribution in [-0.2, 0) is 11.2 Å². The van der Waals surface area contributed by atoms with Gasteiger partial charge in [0.1, 0.15) is 0 Å². The van der Waals surface area contributed by atoms with Crippen molar-refractivity contribution in [3.63, 3.8) is 0 Å². The summed E-state index contributed by atoms with van der Waals surface area (Å²) >= 11 is 5.23. The second kappa shape index (κ2) is 5.81. The highest BCUT2D eigenvalue weighted by Gasteiger charge is 2.28. The molecule has 5 heteroatoms. The van der Waals surface area contributed by atoms with Gasteiger partial charge in [-0.25, -0.2) is 0 Å². The number of carbonyl (C=O) groups excluding carboxylic acids is 1. The maximum Gasteiger partial charge on any atom is 0.232 e. The molecule has 0 spiro atoms. The van der Waals surface area contributed by atoms with Crippen molar-refractivity contribution in [3.8, 4) is 0 Å². The fraction of sp³-hybridized carbons (Fsp3) is 0.312. The summed E-state index contributed by atoms with van der Waals surface area (Å²) < 4.78 is 0.828. The molecule has 1 aromatic carbocycles. The minimum absolute atomic E-state index is 0.0330. The van der Waals surface area contributed by atoms with Crippen molar-refractivity contribution >= 4 is 44.5 Å². The number of amides is 1. The molecule has 0 bridgehead atoms. The lowest BCUT2D eigenvalue weighted by molar-refractivity contribution is -0.117. The zero-order valence-corrected chi connectivity index (χ0v) is 14.2. The van der Waals surface area contributed by atoms with Gasteiger partial charge in [0.25, 0.3) is 0 Å². The fourth-order valence-electron chi connectivity index (χ4n) is 2.87. The van der Waals surface area contributed by atoms with Crippen LogP contribution < -0.4 is 11.1 Å². The molecule has 1 aliphatic carbocycles. The Morgan fingerprint density at radius 3 is 3.05 bits per heavy atom. The summed E-state index contributed by atoms with van der Waals surface area (Å²) in [5, 5.41) is 5.08. The molecule has 1 aliphatic rings. The van der Waals surface area contributed by atoms with Crippen LogP contribution in [0, 0.1) is 6.92 Å². The molecule has 0 radical (unpaired) electrons. The summed E-state index contributed by atoms with van der Waals surface area (Å²) in [5.74, 6) is -0.0294. The number of aryl methyl sites for hydroxylation is 2. The highest BCUT2D eigenvalue weighted by molar-refractivity contribution is 9.10. The van der Waals surface area contributed by atoms with E-state index in [-0.39, 0.29) is 11.8 Å². The topological polar surface area (TPSA) is 55.1 Å². The Morgan fingerprint density at radius 1 is 1.48 bits per heavy atom. The van der Waals surface area contributed by atoms with Gasteiger partial charge in [0.2, 0.25) is 5.91 Å². The van der Waals surface area contributed by atoms with Crippen LogP contribution in [0.4, 0.5) is 11.4 Å². The third-order valence-corrected chi connectivity index (χ3v) is 5.50. The molecular formula is C16H17BrN2OS. The fourth-order valence-corrected chi connectivity index (χ4v) is 4.55. The van der Waals surface area contributed by atoms with Gasteiger partial charge in [-0.05, 0) is 76.8 Å². The zero-order valence-electron chi connectivity index (χ0n) is 11.8. The third kappa shape index (κ3) is 2.85. The second-order valence-corrected chi connectivity index (χ2v) is 7.30. The first-order chi connectivity index (χ1) is 10.1. The lowest BCUT2D eigenvalue weighted by Crippen LogP contribution is -2.24. The van der Waals surface area contributed by atoms with Crippen LogP contribution in [0.1, 0.15) is 34.8 Å². The van der Waals surface area contributed by atoms with Crippen LogP contribution in [-0.4, -0.2) is 5.91 Å². The maximum absolute atomic E-state index is 12.6. The number of halogens is 1. The van der Waals surface area contributed by atoms with Gasteiger partial charge in [-0.15, -0.1) is 11.3 Å². The van der Waals surface area contributed by atoms with Crippen LogP contribution in [0.15, 0.2) is 28.1 Å². The molecule has 3 N–H and O–H groups in total. The van der Waals surface area contributed by atoms with Crippen molar-refractivity contribution in [2.24, 2.45) is 0 Å². The molecule has 0 saturated heterocycles. The van der Waals surface area contributed by atoms with E-state index < -0.39 is 0 Å². The molecule has 1 amide bonds. The van der Waals surface area contributed by atoms with Crippen molar-refractivity contribution in [3.05, 3.63) is 44.1 Å². The van der Waals surface area contributed by atoms with E-state index in [1.54, 1.807) is 11.3 Å². The van der Waals surface area contributed by atoms with Crippen LogP contribution in [0.2, 0.25) is 0 Å². The number of hydrogen-bond donors (Lipinski definition) is 2. The number of nitrogens with two attached hydrogens (primary N) is 1. The Balaban J connectivity index is 1.86. The summed E-state index contributed by atoms with van der Waals surface area (Å²) in [6.07, 6.45) is 3.06.